The smallest absolute Gasteiger partial charge is 0.339 e. The number of unbranched alkanes of at least 4 members (excludes halogenated alkanes) is 1. The number of carboxylic acids is 1. The molecular formula is C14H18Cl2O5. The third-order valence-electron chi connectivity index (χ3n) is 2.61. The lowest BCUT2D eigenvalue weighted by Gasteiger charge is -2.15. The van der Waals surface area contributed by atoms with Gasteiger partial charge in [-0.05, 0) is 18.6 Å². The average molecular weight is 337 g/mol. The molecule has 2 N–H and O–H groups in total. The van der Waals surface area contributed by atoms with E-state index >= 15 is 0 Å². The quantitative estimate of drug-likeness (QED) is 0.677. The van der Waals surface area contributed by atoms with Crippen molar-refractivity contribution in [3.8, 4) is 5.75 Å². The van der Waals surface area contributed by atoms with Crippen LogP contribution in [0.25, 0.3) is 0 Å². The van der Waals surface area contributed by atoms with E-state index < -0.39 is 12.1 Å². The minimum Gasteiger partial charge on any atom is -0.488 e. The fourth-order valence-corrected chi connectivity index (χ4v) is 2.11. The number of hydrogen-bond acceptors (Lipinski definition) is 4. The third kappa shape index (κ3) is 6.09. The Kier molecular flexibility index (Phi) is 7.82. The first kappa shape index (κ1) is 18.0. The minimum absolute atomic E-state index is 0.0128. The second-order valence-corrected chi connectivity index (χ2v) is 5.31. The molecule has 1 unspecified atom stereocenters. The Hall–Kier alpha value is -1.01. The monoisotopic (exact) mass is 336 g/mol. The molecule has 0 saturated heterocycles. The zero-order chi connectivity index (χ0) is 15.8. The van der Waals surface area contributed by atoms with Crippen LogP contribution in [0, 0.1) is 0 Å². The third-order valence-corrected chi connectivity index (χ3v) is 3.11. The van der Waals surface area contributed by atoms with Gasteiger partial charge in [-0.2, -0.15) is 0 Å². The van der Waals surface area contributed by atoms with Gasteiger partial charge in [-0.15, -0.1) is 0 Å². The first-order chi connectivity index (χ1) is 9.95. The van der Waals surface area contributed by atoms with Gasteiger partial charge in [0.25, 0.3) is 0 Å². The highest BCUT2D eigenvalue weighted by atomic mass is 35.5. The Bertz CT molecular complexity index is 479. The highest BCUT2D eigenvalue weighted by Crippen LogP contribution is 2.32. The number of ether oxygens (including phenoxy) is 2. The summed E-state index contributed by atoms with van der Waals surface area (Å²) in [7, 11) is 0. The Morgan fingerprint density at radius 3 is 2.67 bits per heavy atom. The predicted molar refractivity (Wildman–Crippen MR) is 80.7 cm³/mol. The molecular weight excluding hydrogens is 319 g/mol. The van der Waals surface area contributed by atoms with Gasteiger partial charge < -0.3 is 19.7 Å². The highest BCUT2D eigenvalue weighted by Gasteiger charge is 2.18. The molecule has 0 bridgehead atoms. The van der Waals surface area contributed by atoms with E-state index in [2.05, 4.69) is 0 Å². The normalized spacial score (nSPS) is 12.2. The van der Waals surface area contributed by atoms with E-state index in [1.165, 1.54) is 12.1 Å². The number of carboxylic acid groups (broad SMARTS) is 1. The van der Waals surface area contributed by atoms with Crippen LogP contribution in [-0.4, -0.2) is 42.1 Å². The zero-order valence-corrected chi connectivity index (χ0v) is 13.2. The lowest BCUT2D eigenvalue weighted by atomic mass is 10.2. The molecule has 0 amide bonds. The SMILES string of the molecule is CCCCOCC(O)COc1c(Cl)cc(Cl)cc1C(=O)O. The molecule has 0 heterocycles. The summed E-state index contributed by atoms with van der Waals surface area (Å²) in [6.45, 7) is 2.61. The largest absolute Gasteiger partial charge is 0.488 e. The van der Waals surface area contributed by atoms with Crippen molar-refractivity contribution >= 4 is 29.2 Å². The number of hydrogen-bond donors (Lipinski definition) is 2. The molecule has 21 heavy (non-hydrogen) atoms. The van der Waals surface area contributed by atoms with Gasteiger partial charge >= 0.3 is 5.97 Å². The fourth-order valence-electron chi connectivity index (χ4n) is 1.56. The van der Waals surface area contributed by atoms with Gasteiger partial charge in [0.1, 0.15) is 18.3 Å². The van der Waals surface area contributed by atoms with Crippen LogP contribution in [0.1, 0.15) is 30.1 Å². The van der Waals surface area contributed by atoms with Gasteiger partial charge in [-0.1, -0.05) is 36.5 Å². The molecule has 1 aromatic rings. The molecule has 0 fully saturated rings. The van der Waals surface area contributed by atoms with Crippen molar-refractivity contribution in [3.63, 3.8) is 0 Å². The molecule has 5 nitrogen and oxygen atoms in total. The van der Waals surface area contributed by atoms with Gasteiger partial charge in [0.05, 0.1) is 11.6 Å². The number of rotatable bonds is 9. The minimum atomic E-state index is -1.21. The van der Waals surface area contributed by atoms with Crippen LogP contribution in [0.2, 0.25) is 10.0 Å². The van der Waals surface area contributed by atoms with E-state index in [9.17, 15) is 9.90 Å². The van der Waals surface area contributed by atoms with Crippen LogP contribution in [0.4, 0.5) is 0 Å². The van der Waals surface area contributed by atoms with E-state index in [-0.39, 0.29) is 34.6 Å². The van der Waals surface area contributed by atoms with Crippen LogP contribution < -0.4 is 4.74 Å². The molecule has 0 spiro atoms. The number of carbonyl (C=O) groups is 1. The molecule has 1 rings (SSSR count). The van der Waals surface area contributed by atoms with E-state index in [4.69, 9.17) is 37.8 Å². The van der Waals surface area contributed by atoms with E-state index in [0.717, 1.165) is 12.8 Å². The average Bonchev–Trinajstić information content (AvgIpc) is 2.41. The molecule has 0 radical (unpaired) electrons. The summed E-state index contributed by atoms with van der Waals surface area (Å²) in [5, 5.41) is 19.1. The van der Waals surface area contributed by atoms with E-state index in [1.54, 1.807) is 0 Å². The van der Waals surface area contributed by atoms with E-state index in [0.29, 0.717) is 6.61 Å². The lowest BCUT2D eigenvalue weighted by molar-refractivity contribution is 0.0110. The molecule has 118 valence electrons. The number of aliphatic hydroxyl groups excluding tert-OH is 1. The van der Waals surface area contributed by atoms with Crippen molar-refractivity contribution < 1.29 is 24.5 Å². The van der Waals surface area contributed by atoms with Gasteiger partial charge in [0.2, 0.25) is 0 Å². The standard InChI is InChI=1S/C14H18Cl2O5/c1-2-3-4-20-7-10(17)8-21-13-11(14(18)19)5-9(15)6-12(13)16/h5-6,10,17H,2-4,7-8H2,1H3,(H,18,19). The maximum absolute atomic E-state index is 11.1. The zero-order valence-electron chi connectivity index (χ0n) is 11.6. The van der Waals surface area contributed by atoms with Crippen molar-refractivity contribution in [2.45, 2.75) is 25.9 Å². The molecule has 7 heteroatoms. The summed E-state index contributed by atoms with van der Waals surface area (Å²) in [6.07, 6.45) is 1.06. The highest BCUT2D eigenvalue weighted by molar-refractivity contribution is 6.36. The predicted octanol–water partition coefficient (Wildman–Crippen LogP) is 3.25. The van der Waals surface area contributed by atoms with Crippen molar-refractivity contribution in [3.05, 3.63) is 27.7 Å². The van der Waals surface area contributed by atoms with Gasteiger partial charge in [-0.3, -0.25) is 0 Å². The van der Waals surface area contributed by atoms with Crippen LogP contribution >= 0.6 is 23.2 Å². The van der Waals surface area contributed by atoms with Crippen molar-refractivity contribution in [2.75, 3.05) is 19.8 Å². The Morgan fingerprint density at radius 2 is 2.05 bits per heavy atom. The Balaban J connectivity index is 2.60. The van der Waals surface area contributed by atoms with Gasteiger partial charge in [0.15, 0.2) is 5.75 Å². The first-order valence-electron chi connectivity index (χ1n) is 6.56. The molecule has 0 aromatic heterocycles. The second-order valence-electron chi connectivity index (χ2n) is 4.46. The molecule has 1 aromatic carbocycles. The maximum Gasteiger partial charge on any atom is 0.339 e. The van der Waals surface area contributed by atoms with Crippen LogP contribution in [-0.2, 0) is 4.74 Å². The number of benzene rings is 1. The molecule has 0 saturated carbocycles. The van der Waals surface area contributed by atoms with Gasteiger partial charge in [-0.25, -0.2) is 4.79 Å². The fraction of sp³-hybridized carbons (Fsp3) is 0.500. The van der Waals surface area contributed by atoms with Crippen LogP contribution in [0.5, 0.6) is 5.75 Å². The van der Waals surface area contributed by atoms with Crippen molar-refractivity contribution in [2.24, 2.45) is 0 Å². The van der Waals surface area contributed by atoms with Crippen molar-refractivity contribution in [1.82, 2.24) is 0 Å². The maximum atomic E-state index is 11.1. The van der Waals surface area contributed by atoms with Gasteiger partial charge in [0, 0.05) is 11.6 Å². The topological polar surface area (TPSA) is 76.0 Å². The van der Waals surface area contributed by atoms with E-state index in [1.807, 2.05) is 6.92 Å². The molecule has 1 atom stereocenters. The summed E-state index contributed by atoms with van der Waals surface area (Å²) in [4.78, 5) is 11.1. The Labute approximate surface area is 133 Å². The molecule has 0 aliphatic rings. The summed E-state index contributed by atoms with van der Waals surface area (Å²) < 4.78 is 10.6. The summed E-state index contributed by atoms with van der Waals surface area (Å²) in [6, 6.07) is 2.63. The first-order valence-corrected chi connectivity index (χ1v) is 7.32. The van der Waals surface area contributed by atoms with Crippen LogP contribution in [0.15, 0.2) is 12.1 Å². The lowest BCUT2D eigenvalue weighted by Crippen LogP contribution is -2.24. The number of aromatic carboxylic acids is 1. The number of halogens is 2. The summed E-state index contributed by atoms with van der Waals surface area (Å²) in [5.74, 6) is -1.22. The van der Waals surface area contributed by atoms with Crippen molar-refractivity contribution in [1.29, 1.82) is 0 Å². The molecule has 0 aliphatic heterocycles. The molecule has 0 aliphatic carbocycles. The Morgan fingerprint density at radius 1 is 1.33 bits per heavy atom. The second kappa shape index (κ2) is 9.10. The summed E-state index contributed by atoms with van der Waals surface area (Å²) >= 11 is 11.7. The number of aliphatic hydroxyl groups is 1. The summed E-state index contributed by atoms with van der Waals surface area (Å²) in [5.41, 5.74) is -0.147. The van der Waals surface area contributed by atoms with Crippen LogP contribution in [0.3, 0.4) is 0 Å².